The van der Waals surface area contributed by atoms with Gasteiger partial charge in [0.15, 0.2) is 6.29 Å². The fraction of sp³-hybridized carbons (Fsp3) is 0.906. The number of nitrogens with one attached hydrogen (secondary N) is 1. The molecule has 0 bridgehead atoms. The summed E-state index contributed by atoms with van der Waals surface area (Å²) in [5.41, 5.74) is 0. The normalized spacial score (nSPS) is 20.5. The molecule has 0 saturated carbocycles. The van der Waals surface area contributed by atoms with E-state index in [4.69, 9.17) is 9.47 Å². The van der Waals surface area contributed by atoms with Gasteiger partial charge in [-0.1, -0.05) is 237 Å². The summed E-state index contributed by atoms with van der Waals surface area (Å²) >= 11 is 0. The summed E-state index contributed by atoms with van der Waals surface area (Å²) in [4.78, 5) is 13.2. The van der Waals surface area contributed by atoms with Gasteiger partial charge in [0.25, 0.3) is 0 Å². The molecule has 0 aromatic carbocycles. The number of carbonyl (C=O) groups is 1. The van der Waals surface area contributed by atoms with Crippen molar-refractivity contribution in [2.24, 2.45) is 0 Å². The summed E-state index contributed by atoms with van der Waals surface area (Å²) in [5.74, 6) is -0.707. The number of unbranched alkanes of at least 4 members (excludes halogenated alkanes) is 32. The Bertz CT molecular complexity index is 1300. The monoisotopic (exact) mass is 976 g/mol. The maximum atomic E-state index is 13.2. The molecule has 0 aliphatic carbocycles. The standard InChI is InChI=1S/C53H101NO12S/c1-3-5-7-9-11-13-15-17-19-21-23-25-27-29-31-33-35-37-39-41-46(56)45(44-64-53-50(59)51(66-67(61,62)63)49(58)48(43-55)65-53)54-52(60)47(57)42-40-38-36-34-32-30-28-26-24-22-20-18-16-14-12-10-8-6-4-2/h31,33,39,41,45-51,53,55-59H,3-30,32,34-38,40,42-44H2,1-2H3,(H,54,60)(H,61,62,63)/b33-31+,41-39+. The second-order valence-corrected chi connectivity index (χ2v) is 20.4. The summed E-state index contributed by atoms with van der Waals surface area (Å²) in [6.45, 7) is 3.24. The summed E-state index contributed by atoms with van der Waals surface area (Å²) in [6, 6.07) is -1.13. The van der Waals surface area contributed by atoms with Crippen molar-refractivity contribution in [3.63, 3.8) is 0 Å². The summed E-state index contributed by atoms with van der Waals surface area (Å²) in [6.07, 6.45) is 39.7. The van der Waals surface area contributed by atoms with Crippen LogP contribution in [0.2, 0.25) is 0 Å². The van der Waals surface area contributed by atoms with E-state index in [2.05, 4.69) is 35.5 Å². The average molecular weight is 976 g/mol. The molecule has 1 heterocycles. The van der Waals surface area contributed by atoms with Gasteiger partial charge in [-0.3, -0.25) is 9.35 Å². The Morgan fingerprint density at radius 3 is 1.43 bits per heavy atom. The molecule has 1 amide bonds. The smallest absolute Gasteiger partial charge is 0.394 e. The highest BCUT2D eigenvalue weighted by molar-refractivity contribution is 7.80. The number of aliphatic hydroxyl groups excluding tert-OH is 5. The van der Waals surface area contributed by atoms with Crippen LogP contribution in [0.5, 0.6) is 0 Å². The fourth-order valence-corrected chi connectivity index (χ4v) is 9.28. The van der Waals surface area contributed by atoms with Crippen LogP contribution in [0, 0.1) is 0 Å². The van der Waals surface area contributed by atoms with Crippen LogP contribution in [-0.2, 0) is 28.9 Å². The van der Waals surface area contributed by atoms with Gasteiger partial charge in [-0.2, -0.15) is 8.42 Å². The fourth-order valence-electron chi connectivity index (χ4n) is 8.77. The van der Waals surface area contributed by atoms with Gasteiger partial charge in [0.1, 0.15) is 30.5 Å². The van der Waals surface area contributed by atoms with Crippen molar-refractivity contribution in [1.29, 1.82) is 0 Å². The number of carbonyl (C=O) groups excluding carboxylic acids is 1. The Hall–Kier alpha value is -1.46. The maximum Gasteiger partial charge on any atom is 0.397 e. The SMILES string of the molecule is CCCCCCCCCCCCCCC/C=C/CC/C=C/C(O)C(COC1OC(CO)C(O)C(OS(=O)(=O)O)C1O)NC(=O)C(O)CCCCCCCCCCCCCCCCCCCCC. The Balaban J connectivity index is 2.50. The van der Waals surface area contributed by atoms with Gasteiger partial charge in [0.2, 0.25) is 5.91 Å². The first-order valence-corrected chi connectivity index (χ1v) is 28.7. The van der Waals surface area contributed by atoms with Gasteiger partial charge < -0.3 is 40.3 Å². The van der Waals surface area contributed by atoms with Gasteiger partial charge in [-0.05, 0) is 32.1 Å². The lowest BCUT2D eigenvalue weighted by Crippen LogP contribution is -2.61. The van der Waals surface area contributed by atoms with Crippen molar-refractivity contribution >= 4 is 16.3 Å². The van der Waals surface area contributed by atoms with E-state index in [1.54, 1.807) is 6.08 Å². The minimum absolute atomic E-state index is 0.241. The van der Waals surface area contributed by atoms with Crippen LogP contribution in [0.3, 0.4) is 0 Å². The van der Waals surface area contributed by atoms with E-state index >= 15 is 0 Å². The molecule has 8 atom stereocenters. The predicted octanol–water partition coefficient (Wildman–Crippen LogP) is 11.0. The molecule has 7 N–H and O–H groups in total. The molecule has 396 valence electrons. The molecule has 1 aliphatic heterocycles. The third-order valence-electron chi connectivity index (χ3n) is 13.1. The molecule has 1 rings (SSSR count). The van der Waals surface area contributed by atoms with Crippen LogP contribution >= 0.6 is 0 Å². The number of amides is 1. The van der Waals surface area contributed by atoms with E-state index in [-0.39, 0.29) is 6.42 Å². The quantitative estimate of drug-likeness (QED) is 0.0172. The molecule has 0 aromatic heterocycles. The molecule has 14 heteroatoms. The number of rotatable bonds is 47. The van der Waals surface area contributed by atoms with E-state index in [9.17, 15) is 43.3 Å². The van der Waals surface area contributed by atoms with Gasteiger partial charge in [-0.15, -0.1) is 0 Å². The number of allylic oxidation sites excluding steroid dienone is 3. The Morgan fingerprint density at radius 1 is 0.597 bits per heavy atom. The first-order chi connectivity index (χ1) is 32.4. The van der Waals surface area contributed by atoms with E-state index in [1.807, 2.05) is 0 Å². The van der Waals surface area contributed by atoms with E-state index in [0.29, 0.717) is 12.8 Å². The molecular weight excluding hydrogens is 875 g/mol. The van der Waals surface area contributed by atoms with Crippen LogP contribution < -0.4 is 5.32 Å². The molecule has 13 nitrogen and oxygen atoms in total. The number of aliphatic hydroxyl groups is 5. The number of hydrogen-bond donors (Lipinski definition) is 7. The van der Waals surface area contributed by atoms with Crippen molar-refractivity contribution in [2.75, 3.05) is 13.2 Å². The molecule has 0 radical (unpaired) electrons. The zero-order valence-corrected chi connectivity index (χ0v) is 43.2. The third kappa shape index (κ3) is 35.3. The molecule has 0 spiro atoms. The summed E-state index contributed by atoms with van der Waals surface area (Å²) < 4.78 is 47.7. The molecule has 1 fully saturated rings. The van der Waals surface area contributed by atoms with Gasteiger partial charge in [0.05, 0.1) is 25.4 Å². The summed E-state index contributed by atoms with van der Waals surface area (Å²) in [5, 5.41) is 55.4. The van der Waals surface area contributed by atoms with Crippen LogP contribution in [0.4, 0.5) is 0 Å². The van der Waals surface area contributed by atoms with Crippen molar-refractivity contribution in [1.82, 2.24) is 5.32 Å². The molecular formula is C53H101NO12S. The minimum Gasteiger partial charge on any atom is -0.394 e. The van der Waals surface area contributed by atoms with Gasteiger partial charge >= 0.3 is 10.4 Å². The Kier molecular flexibility index (Phi) is 41.1. The first-order valence-electron chi connectivity index (χ1n) is 27.3. The predicted molar refractivity (Wildman–Crippen MR) is 270 cm³/mol. The largest absolute Gasteiger partial charge is 0.397 e. The maximum absolute atomic E-state index is 13.2. The lowest BCUT2D eigenvalue weighted by Gasteiger charge is -2.41. The van der Waals surface area contributed by atoms with Crippen LogP contribution in [0.25, 0.3) is 0 Å². The number of hydrogen-bond acceptors (Lipinski definition) is 11. The Labute approximate surface area is 408 Å². The van der Waals surface area contributed by atoms with Crippen molar-refractivity contribution in [2.45, 2.75) is 294 Å². The van der Waals surface area contributed by atoms with E-state index in [1.165, 1.54) is 179 Å². The zero-order valence-electron chi connectivity index (χ0n) is 42.3. The van der Waals surface area contributed by atoms with Gasteiger partial charge in [-0.25, -0.2) is 4.18 Å². The topological polar surface area (TPSA) is 212 Å². The van der Waals surface area contributed by atoms with E-state index < -0.39 is 78.5 Å². The molecule has 8 unspecified atom stereocenters. The van der Waals surface area contributed by atoms with Crippen LogP contribution in [0.1, 0.15) is 245 Å². The van der Waals surface area contributed by atoms with Crippen molar-refractivity contribution in [3.05, 3.63) is 24.3 Å². The first kappa shape index (κ1) is 63.6. The third-order valence-corrected chi connectivity index (χ3v) is 13.6. The Morgan fingerprint density at radius 2 is 1.00 bits per heavy atom. The minimum atomic E-state index is -5.12. The molecule has 67 heavy (non-hydrogen) atoms. The molecule has 1 aliphatic rings. The average Bonchev–Trinajstić information content (AvgIpc) is 3.30. The highest BCUT2D eigenvalue weighted by Crippen LogP contribution is 2.26. The lowest BCUT2D eigenvalue weighted by atomic mass is 9.99. The number of ether oxygens (including phenoxy) is 2. The second kappa shape index (κ2) is 43.3. The zero-order chi connectivity index (χ0) is 49.2. The molecule has 0 aromatic rings. The van der Waals surface area contributed by atoms with Gasteiger partial charge in [0, 0.05) is 0 Å². The van der Waals surface area contributed by atoms with Crippen LogP contribution in [-0.4, -0.2) is 107 Å². The van der Waals surface area contributed by atoms with Crippen LogP contribution in [0.15, 0.2) is 24.3 Å². The van der Waals surface area contributed by atoms with Crippen molar-refractivity contribution in [3.8, 4) is 0 Å². The second-order valence-electron chi connectivity index (χ2n) is 19.3. The molecule has 1 saturated heterocycles. The highest BCUT2D eigenvalue weighted by atomic mass is 32.3. The van der Waals surface area contributed by atoms with E-state index in [0.717, 1.165) is 38.5 Å². The van der Waals surface area contributed by atoms with Crippen molar-refractivity contribution < 1.29 is 57.0 Å². The highest BCUT2D eigenvalue weighted by Gasteiger charge is 2.48. The lowest BCUT2D eigenvalue weighted by molar-refractivity contribution is -0.298. The summed E-state index contributed by atoms with van der Waals surface area (Å²) in [7, 11) is -5.12.